The van der Waals surface area contributed by atoms with E-state index in [1.54, 1.807) is 0 Å². The van der Waals surface area contributed by atoms with Gasteiger partial charge in [0.25, 0.3) is 0 Å². The van der Waals surface area contributed by atoms with Crippen LogP contribution in [0.4, 0.5) is 17.1 Å². The average molecular weight is 739 g/mol. The summed E-state index contributed by atoms with van der Waals surface area (Å²) in [6.07, 6.45) is 0. The average Bonchev–Trinajstić information content (AvgIpc) is 3.64. The molecule has 1 heterocycles. The molecular formula is C56H38N2. The maximum absolute atomic E-state index is 2.47. The second-order valence-electron chi connectivity index (χ2n) is 14.9. The summed E-state index contributed by atoms with van der Waals surface area (Å²) in [7, 11) is 0. The van der Waals surface area contributed by atoms with Crippen LogP contribution in [0.1, 0.15) is 0 Å². The molecule has 0 unspecified atom stereocenters. The number of para-hydroxylation sites is 2. The van der Waals surface area contributed by atoms with E-state index in [1.807, 2.05) is 0 Å². The Hall–Kier alpha value is -7.68. The van der Waals surface area contributed by atoms with Crippen LogP contribution in [0.2, 0.25) is 0 Å². The zero-order valence-electron chi connectivity index (χ0n) is 31.8. The second kappa shape index (κ2) is 14.1. The third-order valence-corrected chi connectivity index (χ3v) is 11.6. The molecule has 0 saturated heterocycles. The van der Waals surface area contributed by atoms with Crippen LogP contribution in [0.3, 0.4) is 0 Å². The highest BCUT2D eigenvalue weighted by Gasteiger charge is 2.20. The summed E-state index contributed by atoms with van der Waals surface area (Å²) in [6, 6.07) is 83.6. The largest absolute Gasteiger partial charge is 0.310 e. The minimum absolute atomic E-state index is 1.10. The monoisotopic (exact) mass is 738 g/mol. The fourth-order valence-electron chi connectivity index (χ4n) is 8.86. The van der Waals surface area contributed by atoms with Gasteiger partial charge in [-0.25, -0.2) is 0 Å². The molecule has 0 bridgehead atoms. The molecule has 0 aliphatic rings. The maximum atomic E-state index is 2.47. The second-order valence-corrected chi connectivity index (χ2v) is 14.9. The van der Waals surface area contributed by atoms with Crippen molar-refractivity contribution in [3.8, 4) is 39.1 Å². The van der Waals surface area contributed by atoms with Gasteiger partial charge in [-0.3, -0.25) is 0 Å². The predicted octanol–water partition coefficient (Wildman–Crippen LogP) is 15.6. The summed E-state index contributed by atoms with van der Waals surface area (Å²) < 4.78 is 2.47. The topological polar surface area (TPSA) is 8.17 Å². The molecule has 0 radical (unpaired) electrons. The minimum atomic E-state index is 1.10. The molecule has 1 aromatic heterocycles. The standard InChI is InChI=1S/C56H38N2/c1-3-15-39(16-4-1)40-29-31-41(32-30-40)42-33-35-46(36-34-42)57(45-19-5-2-6-20-45)47-21-13-18-43(37-47)49-26-14-28-54-56(49)52-25-11-12-27-53(52)58(54)55-38-44-17-7-8-22-48(44)50-23-9-10-24-51(50)55/h1-38H. The molecular weight excluding hydrogens is 701 g/mol. The lowest BCUT2D eigenvalue weighted by molar-refractivity contribution is 1.20. The number of hydrogen-bond acceptors (Lipinski definition) is 1. The Morgan fingerprint density at radius 3 is 1.53 bits per heavy atom. The lowest BCUT2D eigenvalue weighted by Gasteiger charge is -2.26. The van der Waals surface area contributed by atoms with E-state index in [9.17, 15) is 0 Å². The van der Waals surface area contributed by atoms with Crippen LogP contribution in [-0.4, -0.2) is 4.57 Å². The molecule has 0 spiro atoms. The lowest BCUT2D eigenvalue weighted by atomic mass is 9.98. The molecule has 0 saturated carbocycles. The van der Waals surface area contributed by atoms with Crippen molar-refractivity contribution in [3.63, 3.8) is 0 Å². The molecule has 0 aliphatic carbocycles. The zero-order valence-corrected chi connectivity index (χ0v) is 31.8. The summed E-state index contributed by atoms with van der Waals surface area (Å²) in [4.78, 5) is 2.36. The van der Waals surface area contributed by atoms with Gasteiger partial charge in [-0.2, -0.15) is 0 Å². The Morgan fingerprint density at radius 1 is 0.293 bits per heavy atom. The van der Waals surface area contributed by atoms with Crippen molar-refractivity contribution in [2.24, 2.45) is 0 Å². The van der Waals surface area contributed by atoms with Gasteiger partial charge < -0.3 is 9.47 Å². The summed E-state index contributed by atoms with van der Waals surface area (Å²) >= 11 is 0. The third kappa shape index (κ3) is 5.74. The molecule has 11 aromatic rings. The van der Waals surface area contributed by atoms with Gasteiger partial charge in [-0.1, -0.05) is 176 Å². The number of fused-ring (bicyclic) bond motifs is 6. The Balaban J connectivity index is 1.03. The van der Waals surface area contributed by atoms with Gasteiger partial charge in [-0.15, -0.1) is 0 Å². The quantitative estimate of drug-likeness (QED) is 0.148. The van der Waals surface area contributed by atoms with E-state index in [2.05, 4.69) is 240 Å². The molecule has 58 heavy (non-hydrogen) atoms. The van der Waals surface area contributed by atoms with Gasteiger partial charge in [0.15, 0.2) is 0 Å². The molecule has 2 nitrogen and oxygen atoms in total. The predicted molar refractivity (Wildman–Crippen MR) is 247 cm³/mol. The van der Waals surface area contributed by atoms with Crippen molar-refractivity contribution in [2.75, 3.05) is 4.90 Å². The Bertz CT molecular complexity index is 3250. The van der Waals surface area contributed by atoms with Gasteiger partial charge in [0.2, 0.25) is 0 Å². The summed E-state index contributed by atoms with van der Waals surface area (Å²) in [5.74, 6) is 0. The summed E-state index contributed by atoms with van der Waals surface area (Å²) in [5.41, 5.74) is 14.1. The summed E-state index contributed by atoms with van der Waals surface area (Å²) in [5, 5.41) is 7.51. The van der Waals surface area contributed by atoms with E-state index in [1.165, 1.54) is 82.4 Å². The van der Waals surface area contributed by atoms with E-state index in [0.717, 1.165) is 17.1 Å². The number of anilines is 3. The van der Waals surface area contributed by atoms with Crippen molar-refractivity contribution in [1.29, 1.82) is 0 Å². The molecule has 0 N–H and O–H groups in total. The molecule has 0 fully saturated rings. The van der Waals surface area contributed by atoms with Gasteiger partial charge >= 0.3 is 0 Å². The number of rotatable bonds is 7. The van der Waals surface area contributed by atoms with Crippen molar-refractivity contribution in [2.45, 2.75) is 0 Å². The highest BCUT2D eigenvalue weighted by molar-refractivity contribution is 6.18. The van der Waals surface area contributed by atoms with Crippen molar-refractivity contribution in [1.82, 2.24) is 4.57 Å². The van der Waals surface area contributed by atoms with E-state index < -0.39 is 0 Å². The van der Waals surface area contributed by atoms with E-state index in [4.69, 9.17) is 0 Å². The van der Waals surface area contributed by atoms with Crippen LogP contribution in [0.15, 0.2) is 231 Å². The van der Waals surface area contributed by atoms with Crippen molar-refractivity contribution in [3.05, 3.63) is 231 Å². The third-order valence-electron chi connectivity index (χ3n) is 11.6. The fourth-order valence-corrected chi connectivity index (χ4v) is 8.86. The number of nitrogens with zero attached hydrogens (tertiary/aromatic N) is 2. The molecule has 272 valence electrons. The first-order valence-electron chi connectivity index (χ1n) is 19.9. The first kappa shape index (κ1) is 33.6. The van der Waals surface area contributed by atoms with E-state index >= 15 is 0 Å². The molecule has 0 atom stereocenters. The van der Waals surface area contributed by atoms with Crippen LogP contribution in [-0.2, 0) is 0 Å². The Kier molecular flexibility index (Phi) is 8.19. The summed E-state index contributed by atoms with van der Waals surface area (Å²) in [6.45, 7) is 0. The first-order chi connectivity index (χ1) is 28.8. The van der Waals surface area contributed by atoms with Gasteiger partial charge in [-0.05, 0) is 104 Å². The maximum Gasteiger partial charge on any atom is 0.0547 e. The number of hydrogen-bond donors (Lipinski definition) is 0. The van der Waals surface area contributed by atoms with Crippen LogP contribution >= 0.6 is 0 Å². The SMILES string of the molecule is c1ccc(-c2ccc(-c3ccc(N(c4ccccc4)c4cccc(-c5cccc6c5c5ccccc5n6-c5cc6ccccc6c6ccccc56)c4)cc3)cc2)cc1. The van der Waals surface area contributed by atoms with Crippen LogP contribution in [0.25, 0.3) is 82.4 Å². The van der Waals surface area contributed by atoms with Crippen LogP contribution in [0.5, 0.6) is 0 Å². The Morgan fingerprint density at radius 2 is 0.793 bits per heavy atom. The highest BCUT2D eigenvalue weighted by Crippen LogP contribution is 2.43. The number of aromatic nitrogens is 1. The fraction of sp³-hybridized carbons (Fsp3) is 0. The van der Waals surface area contributed by atoms with Crippen LogP contribution in [0, 0.1) is 0 Å². The first-order valence-corrected chi connectivity index (χ1v) is 19.9. The zero-order chi connectivity index (χ0) is 38.4. The lowest BCUT2D eigenvalue weighted by Crippen LogP contribution is -2.09. The van der Waals surface area contributed by atoms with Gasteiger partial charge in [0.05, 0.1) is 16.7 Å². The van der Waals surface area contributed by atoms with E-state index in [-0.39, 0.29) is 0 Å². The van der Waals surface area contributed by atoms with Gasteiger partial charge in [0.1, 0.15) is 0 Å². The normalized spacial score (nSPS) is 11.4. The van der Waals surface area contributed by atoms with E-state index in [0.29, 0.717) is 0 Å². The molecule has 0 aliphatic heterocycles. The molecule has 0 amide bonds. The Labute approximate surface area is 338 Å². The minimum Gasteiger partial charge on any atom is -0.310 e. The highest BCUT2D eigenvalue weighted by atomic mass is 15.1. The molecule has 11 rings (SSSR count). The van der Waals surface area contributed by atoms with Gasteiger partial charge in [0, 0.05) is 33.2 Å². The molecule has 2 heteroatoms. The number of benzene rings is 10. The van der Waals surface area contributed by atoms with Crippen LogP contribution < -0.4 is 4.90 Å². The molecule has 10 aromatic carbocycles. The van der Waals surface area contributed by atoms with Crippen molar-refractivity contribution < 1.29 is 0 Å². The van der Waals surface area contributed by atoms with Crippen molar-refractivity contribution >= 4 is 60.4 Å². The smallest absolute Gasteiger partial charge is 0.0547 e.